The molecule has 1 aromatic rings. The molecule has 1 saturated heterocycles. The topological polar surface area (TPSA) is 15.3 Å². The maximum atomic E-state index is 3.67. The minimum atomic E-state index is 0.531. The zero-order valence-corrected chi connectivity index (χ0v) is 13.8. The molecule has 1 aliphatic heterocycles. The van der Waals surface area contributed by atoms with Crippen molar-refractivity contribution in [3.05, 3.63) is 28.2 Å². The fraction of sp³-hybridized carbons (Fsp3) is 0.625. The number of rotatable bonds is 4. The van der Waals surface area contributed by atoms with Crippen LogP contribution in [0.2, 0.25) is 0 Å². The summed E-state index contributed by atoms with van der Waals surface area (Å²) in [5.41, 5.74) is 2.51. The molecule has 0 radical (unpaired) electrons. The summed E-state index contributed by atoms with van der Waals surface area (Å²) in [7, 11) is 0. The highest BCUT2D eigenvalue weighted by Gasteiger charge is 2.23. The lowest BCUT2D eigenvalue weighted by Crippen LogP contribution is -2.41. The van der Waals surface area contributed by atoms with Gasteiger partial charge in [-0.2, -0.15) is 0 Å². The van der Waals surface area contributed by atoms with Crippen molar-refractivity contribution in [1.82, 2.24) is 4.90 Å². The Morgan fingerprint density at radius 2 is 2.26 bits per heavy atom. The van der Waals surface area contributed by atoms with E-state index in [1.165, 1.54) is 48.2 Å². The van der Waals surface area contributed by atoms with Crippen LogP contribution >= 0.6 is 15.9 Å². The van der Waals surface area contributed by atoms with E-state index in [9.17, 15) is 0 Å². The number of hydrogen-bond acceptors (Lipinski definition) is 2. The van der Waals surface area contributed by atoms with Crippen molar-refractivity contribution in [3.8, 4) is 0 Å². The van der Waals surface area contributed by atoms with Crippen molar-refractivity contribution < 1.29 is 0 Å². The van der Waals surface area contributed by atoms with Gasteiger partial charge in [0.25, 0.3) is 0 Å². The largest absolute Gasteiger partial charge is 0.382 e. The summed E-state index contributed by atoms with van der Waals surface area (Å²) in [6, 6.07) is 7.06. The van der Waals surface area contributed by atoms with Crippen LogP contribution in [0.5, 0.6) is 0 Å². The molecule has 0 bridgehead atoms. The van der Waals surface area contributed by atoms with Crippen LogP contribution in [-0.2, 0) is 0 Å². The average molecular weight is 325 g/mol. The SMILES string of the molecule is CCN1CCCC(C(C)Nc2ccc(C)c(Br)c2)C1. The number of hydrogen-bond donors (Lipinski definition) is 1. The number of halogens is 1. The van der Waals surface area contributed by atoms with Crippen LogP contribution in [0.25, 0.3) is 0 Å². The highest BCUT2D eigenvalue weighted by atomic mass is 79.9. The van der Waals surface area contributed by atoms with Gasteiger partial charge in [0.2, 0.25) is 0 Å². The van der Waals surface area contributed by atoms with E-state index >= 15 is 0 Å². The Kier molecular flexibility index (Phi) is 5.28. The van der Waals surface area contributed by atoms with Crippen molar-refractivity contribution in [1.29, 1.82) is 0 Å². The lowest BCUT2D eigenvalue weighted by atomic mass is 9.91. The van der Waals surface area contributed by atoms with E-state index in [0.717, 1.165) is 5.92 Å². The molecular formula is C16H25BrN2. The van der Waals surface area contributed by atoms with Gasteiger partial charge in [0.1, 0.15) is 0 Å². The molecule has 0 saturated carbocycles. The first-order valence-corrected chi connectivity index (χ1v) is 8.14. The smallest absolute Gasteiger partial charge is 0.0353 e. The number of likely N-dealkylation sites (tertiary alicyclic amines) is 1. The number of anilines is 1. The summed E-state index contributed by atoms with van der Waals surface area (Å²) in [5.74, 6) is 0.758. The van der Waals surface area contributed by atoms with Gasteiger partial charge >= 0.3 is 0 Å². The molecule has 19 heavy (non-hydrogen) atoms. The summed E-state index contributed by atoms with van der Waals surface area (Å²) < 4.78 is 1.18. The molecule has 0 spiro atoms. The number of nitrogens with one attached hydrogen (secondary N) is 1. The van der Waals surface area contributed by atoms with Crippen LogP contribution in [0, 0.1) is 12.8 Å². The molecule has 3 heteroatoms. The third-order valence-corrected chi connectivity index (χ3v) is 5.12. The summed E-state index contributed by atoms with van der Waals surface area (Å²) in [6.45, 7) is 10.4. The van der Waals surface area contributed by atoms with E-state index in [4.69, 9.17) is 0 Å². The highest BCUT2D eigenvalue weighted by molar-refractivity contribution is 9.10. The number of nitrogens with zero attached hydrogens (tertiary/aromatic N) is 1. The number of piperidine rings is 1. The van der Waals surface area contributed by atoms with Gasteiger partial charge < -0.3 is 10.2 Å². The third kappa shape index (κ3) is 3.96. The monoisotopic (exact) mass is 324 g/mol. The van der Waals surface area contributed by atoms with E-state index in [1.54, 1.807) is 0 Å². The van der Waals surface area contributed by atoms with Crippen molar-refractivity contribution in [2.24, 2.45) is 5.92 Å². The Morgan fingerprint density at radius 1 is 1.47 bits per heavy atom. The Morgan fingerprint density at radius 3 is 2.95 bits per heavy atom. The van der Waals surface area contributed by atoms with E-state index < -0.39 is 0 Å². The molecule has 1 aromatic carbocycles. The summed E-state index contributed by atoms with van der Waals surface area (Å²) in [5, 5.41) is 3.67. The van der Waals surface area contributed by atoms with Gasteiger partial charge in [0.05, 0.1) is 0 Å². The van der Waals surface area contributed by atoms with Crippen molar-refractivity contribution in [2.75, 3.05) is 25.0 Å². The molecule has 106 valence electrons. The number of benzene rings is 1. The Hall–Kier alpha value is -0.540. The van der Waals surface area contributed by atoms with Gasteiger partial charge in [-0.15, -0.1) is 0 Å². The second kappa shape index (κ2) is 6.76. The maximum absolute atomic E-state index is 3.67. The molecular weight excluding hydrogens is 300 g/mol. The molecule has 1 heterocycles. The van der Waals surface area contributed by atoms with Gasteiger partial charge in [-0.25, -0.2) is 0 Å². The molecule has 0 aliphatic carbocycles. The molecule has 1 N–H and O–H groups in total. The van der Waals surface area contributed by atoms with Gasteiger partial charge in [0, 0.05) is 22.7 Å². The predicted molar refractivity (Wildman–Crippen MR) is 86.8 cm³/mol. The standard InChI is InChI=1S/C16H25BrN2/c1-4-19-9-5-6-14(11-19)13(3)18-15-8-7-12(2)16(17)10-15/h7-8,10,13-14,18H,4-6,9,11H2,1-3H3. The highest BCUT2D eigenvalue weighted by Crippen LogP contribution is 2.25. The molecule has 2 atom stereocenters. The summed E-state index contributed by atoms with van der Waals surface area (Å²) in [4.78, 5) is 2.57. The van der Waals surface area contributed by atoms with Crippen LogP contribution in [0.3, 0.4) is 0 Å². The fourth-order valence-electron chi connectivity index (χ4n) is 2.85. The Bertz CT molecular complexity index is 419. The zero-order chi connectivity index (χ0) is 13.8. The average Bonchev–Trinajstić information content (AvgIpc) is 2.43. The second-order valence-electron chi connectivity index (χ2n) is 5.69. The molecule has 0 amide bonds. The first-order chi connectivity index (χ1) is 9.10. The van der Waals surface area contributed by atoms with Gasteiger partial charge in [-0.3, -0.25) is 0 Å². The van der Waals surface area contributed by atoms with E-state index in [0.29, 0.717) is 6.04 Å². The van der Waals surface area contributed by atoms with E-state index in [-0.39, 0.29) is 0 Å². The first-order valence-electron chi connectivity index (χ1n) is 7.35. The van der Waals surface area contributed by atoms with Crippen LogP contribution in [0.4, 0.5) is 5.69 Å². The van der Waals surface area contributed by atoms with Crippen molar-refractivity contribution in [3.63, 3.8) is 0 Å². The summed E-state index contributed by atoms with van der Waals surface area (Å²) in [6.07, 6.45) is 2.68. The van der Waals surface area contributed by atoms with Gasteiger partial charge in [-0.1, -0.05) is 28.9 Å². The minimum absolute atomic E-state index is 0.531. The summed E-state index contributed by atoms with van der Waals surface area (Å²) >= 11 is 3.60. The molecule has 1 fully saturated rings. The van der Waals surface area contributed by atoms with Gasteiger partial charge in [0.15, 0.2) is 0 Å². The minimum Gasteiger partial charge on any atom is -0.382 e. The number of aryl methyl sites for hydroxylation is 1. The quantitative estimate of drug-likeness (QED) is 0.888. The van der Waals surface area contributed by atoms with Crippen LogP contribution in [0.1, 0.15) is 32.3 Å². The first kappa shape index (κ1) is 14.9. The van der Waals surface area contributed by atoms with Crippen LogP contribution in [0.15, 0.2) is 22.7 Å². The van der Waals surface area contributed by atoms with E-state index in [1.807, 2.05) is 0 Å². The van der Waals surface area contributed by atoms with Crippen molar-refractivity contribution in [2.45, 2.75) is 39.7 Å². The van der Waals surface area contributed by atoms with Gasteiger partial charge in [-0.05, 0) is 63.4 Å². The van der Waals surface area contributed by atoms with Crippen LogP contribution in [-0.4, -0.2) is 30.6 Å². The second-order valence-corrected chi connectivity index (χ2v) is 6.55. The normalized spacial score (nSPS) is 22.2. The molecule has 0 aromatic heterocycles. The van der Waals surface area contributed by atoms with Crippen molar-refractivity contribution >= 4 is 21.6 Å². The molecule has 2 unspecified atom stereocenters. The maximum Gasteiger partial charge on any atom is 0.0353 e. The zero-order valence-electron chi connectivity index (χ0n) is 12.2. The molecule has 1 aliphatic rings. The Balaban J connectivity index is 1.96. The third-order valence-electron chi connectivity index (χ3n) is 4.26. The lowest BCUT2D eigenvalue weighted by molar-refractivity contribution is 0.172. The Labute approximate surface area is 125 Å². The predicted octanol–water partition coefficient (Wildman–Crippen LogP) is 4.29. The molecule has 2 nitrogen and oxygen atoms in total. The lowest BCUT2D eigenvalue weighted by Gasteiger charge is -2.35. The molecule has 2 rings (SSSR count). The van der Waals surface area contributed by atoms with E-state index in [2.05, 4.69) is 65.1 Å². The van der Waals surface area contributed by atoms with Crippen LogP contribution < -0.4 is 5.32 Å². The fourth-order valence-corrected chi connectivity index (χ4v) is 3.23.